The van der Waals surface area contributed by atoms with Crippen molar-refractivity contribution in [2.45, 2.75) is 32.6 Å². The Labute approximate surface area is 132 Å². The highest BCUT2D eigenvalue weighted by atomic mass is 14.8. The quantitative estimate of drug-likeness (QED) is 0.764. The largest absolute Gasteiger partial charge is 0.257 e. The summed E-state index contributed by atoms with van der Waals surface area (Å²) >= 11 is 0. The van der Waals surface area contributed by atoms with E-state index >= 15 is 0 Å². The molecule has 22 heavy (non-hydrogen) atoms. The van der Waals surface area contributed by atoms with E-state index in [4.69, 9.17) is 10.3 Å². The van der Waals surface area contributed by atoms with E-state index in [0.29, 0.717) is 17.4 Å². The summed E-state index contributed by atoms with van der Waals surface area (Å²) in [7, 11) is 0. The van der Waals surface area contributed by atoms with E-state index in [-0.39, 0.29) is 0 Å². The van der Waals surface area contributed by atoms with Crippen LogP contribution in [0.15, 0.2) is 53.5 Å². The third kappa shape index (κ3) is 2.94. The third-order valence-electron chi connectivity index (χ3n) is 4.34. The van der Waals surface area contributed by atoms with E-state index in [1.807, 2.05) is 12.1 Å². The summed E-state index contributed by atoms with van der Waals surface area (Å²) in [6.45, 7) is 4.39. The number of benzene rings is 2. The van der Waals surface area contributed by atoms with Crippen molar-refractivity contribution in [2.75, 3.05) is 0 Å². The standard InChI is InChI=1S/C20H20N2/c1-14(2)19-12-18(16-6-4-3-5-7-16)11-17-9-8-15(13-21)10-20(17)22-19/h3-10,14,18H,11-12H2,1-2H3. The molecule has 0 aromatic heterocycles. The van der Waals surface area contributed by atoms with Crippen LogP contribution >= 0.6 is 0 Å². The maximum Gasteiger partial charge on any atom is 0.0992 e. The van der Waals surface area contributed by atoms with Crippen molar-refractivity contribution < 1.29 is 0 Å². The summed E-state index contributed by atoms with van der Waals surface area (Å²) in [5, 5.41) is 9.12. The van der Waals surface area contributed by atoms with Gasteiger partial charge in [-0.15, -0.1) is 0 Å². The summed E-state index contributed by atoms with van der Waals surface area (Å²) in [6, 6.07) is 18.8. The van der Waals surface area contributed by atoms with Gasteiger partial charge in [-0.1, -0.05) is 50.2 Å². The van der Waals surface area contributed by atoms with Gasteiger partial charge in [-0.25, -0.2) is 0 Å². The zero-order valence-electron chi connectivity index (χ0n) is 13.1. The van der Waals surface area contributed by atoms with Gasteiger partial charge in [-0.05, 0) is 47.9 Å². The van der Waals surface area contributed by atoms with Crippen molar-refractivity contribution in [1.82, 2.24) is 0 Å². The molecule has 1 aliphatic rings. The fraction of sp³-hybridized carbons (Fsp3) is 0.300. The van der Waals surface area contributed by atoms with Crippen LogP contribution in [0.1, 0.15) is 42.9 Å². The van der Waals surface area contributed by atoms with Crippen LogP contribution in [0, 0.1) is 17.2 Å². The molecule has 1 atom stereocenters. The highest BCUT2D eigenvalue weighted by molar-refractivity contribution is 5.90. The lowest BCUT2D eigenvalue weighted by Crippen LogP contribution is -2.12. The van der Waals surface area contributed by atoms with Gasteiger partial charge in [0.25, 0.3) is 0 Å². The van der Waals surface area contributed by atoms with Crippen LogP contribution in [0.2, 0.25) is 0 Å². The Kier molecular flexibility index (Phi) is 4.06. The molecule has 1 aliphatic heterocycles. The first-order valence-corrected chi connectivity index (χ1v) is 7.83. The molecule has 1 unspecified atom stereocenters. The molecule has 0 aliphatic carbocycles. The highest BCUT2D eigenvalue weighted by Crippen LogP contribution is 2.35. The number of nitrogens with zero attached hydrogens (tertiary/aromatic N) is 2. The van der Waals surface area contributed by atoms with E-state index in [1.54, 1.807) is 0 Å². The zero-order valence-corrected chi connectivity index (χ0v) is 13.1. The third-order valence-corrected chi connectivity index (χ3v) is 4.34. The molecule has 0 spiro atoms. The number of hydrogen-bond acceptors (Lipinski definition) is 2. The summed E-state index contributed by atoms with van der Waals surface area (Å²) in [4.78, 5) is 4.89. The highest BCUT2D eigenvalue weighted by Gasteiger charge is 2.22. The number of aliphatic imine (C=N–C) groups is 1. The Bertz CT molecular complexity index is 736. The van der Waals surface area contributed by atoms with E-state index in [1.165, 1.54) is 16.8 Å². The Morgan fingerprint density at radius 2 is 1.86 bits per heavy atom. The summed E-state index contributed by atoms with van der Waals surface area (Å²) in [5.41, 5.74) is 5.49. The average molecular weight is 288 g/mol. The first-order valence-electron chi connectivity index (χ1n) is 7.83. The maximum atomic E-state index is 9.12. The van der Waals surface area contributed by atoms with Gasteiger partial charge in [0, 0.05) is 5.71 Å². The van der Waals surface area contributed by atoms with Gasteiger partial charge in [0.1, 0.15) is 0 Å². The topological polar surface area (TPSA) is 36.1 Å². The Morgan fingerprint density at radius 3 is 2.55 bits per heavy atom. The van der Waals surface area contributed by atoms with Crippen molar-refractivity contribution in [1.29, 1.82) is 5.26 Å². The molecule has 0 bridgehead atoms. The second kappa shape index (κ2) is 6.15. The normalized spacial score (nSPS) is 17.4. The van der Waals surface area contributed by atoms with Gasteiger partial charge in [0.15, 0.2) is 0 Å². The Balaban J connectivity index is 2.06. The van der Waals surface area contributed by atoms with Gasteiger partial charge in [-0.2, -0.15) is 5.26 Å². The minimum atomic E-state index is 0.419. The Hall–Kier alpha value is -2.40. The molecule has 2 heteroatoms. The lowest BCUT2D eigenvalue weighted by molar-refractivity contribution is 0.698. The van der Waals surface area contributed by atoms with Crippen LogP contribution in [0.3, 0.4) is 0 Å². The van der Waals surface area contributed by atoms with Gasteiger partial charge >= 0.3 is 0 Å². The molecule has 3 rings (SSSR count). The predicted octanol–water partition coefficient (Wildman–Crippen LogP) is 5.02. The number of rotatable bonds is 2. The van der Waals surface area contributed by atoms with Gasteiger partial charge < -0.3 is 0 Å². The molecule has 0 saturated carbocycles. The minimum Gasteiger partial charge on any atom is -0.257 e. The predicted molar refractivity (Wildman–Crippen MR) is 90.6 cm³/mol. The van der Waals surface area contributed by atoms with E-state index in [0.717, 1.165) is 18.5 Å². The summed E-state index contributed by atoms with van der Waals surface area (Å²) < 4.78 is 0. The molecule has 1 heterocycles. The number of nitriles is 1. The van der Waals surface area contributed by atoms with Gasteiger partial charge in [-0.3, -0.25) is 4.99 Å². The molecule has 0 saturated heterocycles. The molecule has 110 valence electrons. The summed E-state index contributed by atoms with van der Waals surface area (Å²) in [5.74, 6) is 0.874. The average Bonchev–Trinajstić information content (AvgIpc) is 2.74. The molecule has 0 fully saturated rings. The lowest BCUT2D eigenvalue weighted by Gasteiger charge is -2.17. The number of fused-ring (bicyclic) bond motifs is 1. The van der Waals surface area contributed by atoms with E-state index in [9.17, 15) is 0 Å². The molecule has 2 aromatic carbocycles. The molecule has 2 nitrogen and oxygen atoms in total. The fourth-order valence-electron chi connectivity index (χ4n) is 3.03. The Morgan fingerprint density at radius 1 is 1.09 bits per heavy atom. The van der Waals surface area contributed by atoms with Crippen LogP contribution in [-0.2, 0) is 6.42 Å². The second-order valence-corrected chi connectivity index (χ2v) is 6.23. The molecule has 0 amide bonds. The van der Waals surface area contributed by atoms with Crippen LogP contribution in [0.5, 0.6) is 0 Å². The lowest BCUT2D eigenvalue weighted by atomic mass is 9.86. The zero-order chi connectivity index (χ0) is 15.5. The first kappa shape index (κ1) is 14.5. The van der Waals surface area contributed by atoms with Gasteiger partial charge in [0.05, 0.1) is 17.3 Å². The van der Waals surface area contributed by atoms with Crippen molar-refractivity contribution in [3.05, 3.63) is 65.2 Å². The molecule has 0 radical (unpaired) electrons. The fourth-order valence-corrected chi connectivity index (χ4v) is 3.03. The first-order chi connectivity index (χ1) is 10.7. The van der Waals surface area contributed by atoms with Gasteiger partial charge in [0.2, 0.25) is 0 Å². The van der Waals surface area contributed by atoms with Crippen molar-refractivity contribution >= 4 is 11.4 Å². The maximum absolute atomic E-state index is 9.12. The molecular formula is C20H20N2. The molecule has 2 aromatic rings. The number of hydrogen-bond donors (Lipinski definition) is 0. The van der Waals surface area contributed by atoms with E-state index in [2.05, 4.69) is 56.3 Å². The van der Waals surface area contributed by atoms with Crippen molar-refractivity contribution in [3.63, 3.8) is 0 Å². The van der Waals surface area contributed by atoms with Crippen LogP contribution in [0.25, 0.3) is 0 Å². The van der Waals surface area contributed by atoms with Crippen LogP contribution in [0.4, 0.5) is 5.69 Å². The molecule has 0 N–H and O–H groups in total. The van der Waals surface area contributed by atoms with E-state index < -0.39 is 0 Å². The minimum absolute atomic E-state index is 0.419. The summed E-state index contributed by atoms with van der Waals surface area (Å²) in [6.07, 6.45) is 1.96. The van der Waals surface area contributed by atoms with Crippen molar-refractivity contribution in [2.24, 2.45) is 10.9 Å². The monoisotopic (exact) mass is 288 g/mol. The van der Waals surface area contributed by atoms with Crippen molar-refractivity contribution in [3.8, 4) is 6.07 Å². The van der Waals surface area contributed by atoms with Crippen LogP contribution in [-0.4, -0.2) is 5.71 Å². The second-order valence-electron chi connectivity index (χ2n) is 6.23. The van der Waals surface area contributed by atoms with Crippen LogP contribution < -0.4 is 0 Å². The molecular weight excluding hydrogens is 268 g/mol. The SMILES string of the molecule is CC(C)C1=Nc2cc(C#N)ccc2CC(c2ccccc2)C1. The smallest absolute Gasteiger partial charge is 0.0992 e.